The Labute approximate surface area is 71.8 Å². The predicted molar refractivity (Wildman–Crippen MR) is 44.7 cm³/mol. The van der Waals surface area contributed by atoms with Gasteiger partial charge in [0.2, 0.25) is 5.91 Å². The average Bonchev–Trinajstić information content (AvgIpc) is 2.02. The van der Waals surface area contributed by atoms with Gasteiger partial charge in [0, 0.05) is 13.1 Å². The summed E-state index contributed by atoms with van der Waals surface area (Å²) >= 11 is 0. The van der Waals surface area contributed by atoms with Crippen molar-refractivity contribution in [1.82, 2.24) is 10.4 Å². The zero-order chi connectivity index (χ0) is 9.19. The van der Waals surface area contributed by atoms with Crippen molar-refractivity contribution in [2.24, 2.45) is 0 Å². The Morgan fingerprint density at radius 3 is 3.08 bits per heavy atom. The Morgan fingerprint density at radius 2 is 2.58 bits per heavy atom. The highest BCUT2D eigenvalue weighted by atomic mass is 16.5. The molecule has 2 N–H and O–H groups in total. The molecule has 1 atom stereocenters. The molecule has 0 radical (unpaired) electrons. The summed E-state index contributed by atoms with van der Waals surface area (Å²) in [6.45, 7) is 6.22. The van der Waals surface area contributed by atoms with Crippen LogP contribution in [0.1, 0.15) is 13.3 Å². The molecule has 1 fully saturated rings. The molecule has 0 aromatic rings. The molecule has 68 valence electrons. The molecule has 0 saturated carbocycles. The van der Waals surface area contributed by atoms with Crippen molar-refractivity contribution < 1.29 is 10.0 Å². The van der Waals surface area contributed by atoms with Crippen molar-refractivity contribution in [3.63, 3.8) is 0 Å². The van der Waals surface area contributed by atoms with Crippen molar-refractivity contribution in [2.45, 2.75) is 18.9 Å². The van der Waals surface area contributed by atoms with Gasteiger partial charge in [-0.25, -0.2) is 0 Å². The Hall–Kier alpha value is -0.870. The number of nitrogens with zero attached hydrogens (tertiary/aromatic N) is 1. The average molecular weight is 170 g/mol. The molecular weight excluding hydrogens is 156 g/mol. The van der Waals surface area contributed by atoms with Crippen LogP contribution in [0.3, 0.4) is 0 Å². The van der Waals surface area contributed by atoms with Gasteiger partial charge in [0.1, 0.15) is 5.54 Å². The molecule has 12 heavy (non-hydrogen) atoms. The van der Waals surface area contributed by atoms with Crippen LogP contribution in [0.15, 0.2) is 12.7 Å². The van der Waals surface area contributed by atoms with Crippen LogP contribution >= 0.6 is 0 Å². The summed E-state index contributed by atoms with van der Waals surface area (Å²) in [5.74, 6) is -0.142. The lowest BCUT2D eigenvalue weighted by atomic mass is 9.94. The summed E-state index contributed by atoms with van der Waals surface area (Å²) < 4.78 is 0. The summed E-state index contributed by atoms with van der Waals surface area (Å²) in [7, 11) is 0. The van der Waals surface area contributed by atoms with Crippen LogP contribution in [0.2, 0.25) is 0 Å². The first kappa shape index (κ1) is 9.22. The van der Waals surface area contributed by atoms with Gasteiger partial charge in [-0.2, -0.15) is 5.06 Å². The molecule has 0 aliphatic carbocycles. The van der Waals surface area contributed by atoms with Crippen LogP contribution in [0.25, 0.3) is 0 Å². The Kier molecular flexibility index (Phi) is 2.49. The second-order valence-corrected chi connectivity index (χ2v) is 3.15. The maximum atomic E-state index is 11.4. The molecule has 0 bridgehead atoms. The molecule has 4 heteroatoms. The first-order chi connectivity index (χ1) is 5.61. The van der Waals surface area contributed by atoms with Gasteiger partial charge in [0.15, 0.2) is 0 Å². The topological polar surface area (TPSA) is 52.6 Å². The lowest BCUT2D eigenvalue weighted by Gasteiger charge is -2.38. The van der Waals surface area contributed by atoms with E-state index in [4.69, 9.17) is 0 Å². The zero-order valence-electron chi connectivity index (χ0n) is 7.21. The van der Waals surface area contributed by atoms with E-state index in [-0.39, 0.29) is 5.91 Å². The second kappa shape index (κ2) is 3.25. The number of carbonyl (C=O) groups is 1. The maximum Gasteiger partial charge on any atom is 0.242 e. The van der Waals surface area contributed by atoms with Gasteiger partial charge in [-0.05, 0) is 13.3 Å². The molecule has 0 spiro atoms. The fourth-order valence-electron chi connectivity index (χ4n) is 1.31. The van der Waals surface area contributed by atoms with Crippen molar-refractivity contribution in [3.05, 3.63) is 12.7 Å². The van der Waals surface area contributed by atoms with Gasteiger partial charge in [-0.1, -0.05) is 6.08 Å². The molecule has 0 unspecified atom stereocenters. The molecule has 1 heterocycles. The van der Waals surface area contributed by atoms with Gasteiger partial charge in [-0.15, -0.1) is 6.58 Å². The monoisotopic (exact) mass is 170 g/mol. The summed E-state index contributed by atoms with van der Waals surface area (Å²) in [4.78, 5) is 11.4. The van der Waals surface area contributed by atoms with E-state index in [9.17, 15) is 10.0 Å². The molecular formula is C8H14N2O2. The minimum Gasteiger partial charge on any atom is -0.353 e. The van der Waals surface area contributed by atoms with Crippen LogP contribution in [-0.2, 0) is 4.79 Å². The highest BCUT2D eigenvalue weighted by Gasteiger charge is 2.40. The molecule has 0 aromatic carbocycles. The summed E-state index contributed by atoms with van der Waals surface area (Å²) in [5.41, 5.74) is -0.833. The van der Waals surface area contributed by atoms with Crippen LogP contribution in [0.5, 0.6) is 0 Å². The number of amides is 1. The SMILES string of the molecule is C=CC[C@@]1(C)C(=O)NCCN1O. The Balaban J connectivity index is 2.79. The quantitative estimate of drug-likeness (QED) is 0.580. The molecule has 1 aliphatic rings. The second-order valence-electron chi connectivity index (χ2n) is 3.15. The lowest BCUT2D eigenvalue weighted by molar-refractivity contribution is -0.189. The maximum absolute atomic E-state index is 11.4. The highest BCUT2D eigenvalue weighted by Crippen LogP contribution is 2.20. The van der Waals surface area contributed by atoms with Crippen molar-refractivity contribution >= 4 is 5.91 Å². The normalized spacial score (nSPS) is 31.3. The van der Waals surface area contributed by atoms with E-state index in [2.05, 4.69) is 11.9 Å². The van der Waals surface area contributed by atoms with Crippen molar-refractivity contribution in [1.29, 1.82) is 0 Å². The molecule has 1 rings (SSSR count). The first-order valence-electron chi connectivity index (χ1n) is 3.97. The van der Waals surface area contributed by atoms with Crippen LogP contribution in [-0.4, -0.2) is 34.8 Å². The van der Waals surface area contributed by atoms with Gasteiger partial charge in [0.05, 0.1) is 0 Å². The van der Waals surface area contributed by atoms with Gasteiger partial charge in [0.25, 0.3) is 0 Å². The van der Waals surface area contributed by atoms with Crippen LogP contribution in [0.4, 0.5) is 0 Å². The largest absolute Gasteiger partial charge is 0.353 e. The molecule has 4 nitrogen and oxygen atoms in total. The minimum absolute atomic E-state index is 0.142. The summed E-state index contributed by atoms with van der Waals surface area (Å²) in [6, 6.07) is 0. The number of nitrogens with one attached hydrogen (secondary N) is 1. The van der Waals surface area contributed by atoms with E-state index >= 15 is 0 Å². The zero-order valence-corrected chi connectivity index (χ0v) is 7.21. The van der Waals surface area contributed by atoms with E-state index in [1.54, 1.807) is 13.0 Å². The predicted octanol–water partition coefficient (Wildman–Crippen LogP) is 0.142. The van der Waals surface area contributed by atoms with Crippen LogP contribution < -0.4 is 5.32 Å². The third kappa shape index (κ3) is 1.35. The van der Waals surface area contributed by atoms with Gasteiger partial charge >= 0.3 is 0 Å². The standard InChI is InChI=1S/C8H14N2O2/c1-3-4-8(2)7(11)9-5-6-10(8)12/h3,12H,1,4-6H2,2H3,(H,9,11)/t8-/m0/s1. The van der Waals surface area contributed by atoms with E-state index < -0.39 is 5.54 Å². The first-order valence-corrected chi connectivity index (χ1v) is 3.97. The fraction of sp³-hybridized carbons (Fsp3) is 0.625. The molecule has 0 aromatic heterocycles. The Bertz CT molecular complexity index is 205. The van der Waals surface area contributed by atoms with E-state index in [0.29, 0.717) is 19.5 Å². The van der Waals surface area contributed by atoms with Gasteiger partial charge in [-0.3, -0.25) is 4.79 Å². The third-order valence-corrected chi connectivity index (χ3v) is 2.21. The number of hydrogen-bond donors (Lipinski definition) is 2. The smallest absolute Gasteiger partial charge is 0.242 e. The fourth-order valence-corrected chi connectivity index (χ4v) is 1.31. The van der Waals surface area contributed by atoms with Crippen molar-refractivity contribution in [3.8, 4) is 0 Å². The van der Waals surface area contributed by atoms with E-state index in [1.807, 2.05) is 0 Å². The van der Waals surface area contributed by atoms with Gasteiger partial charge < -0.3 is 10.5 Å². The van der Waals surface area contributed by atoms with Crippen molar-refractivity contribution in [2.75, 3.05) is 13.1 Å². The third-order valence-electron chi connectivity index (χ3n) is 2.21. The number of hydroxylamine groups is 2. The molecule has 1 saturated heterocycles. The Morgan fingerprint density at radius 1 is 1.92 bits per heavy atom. The van der Waals surface area contributed by atoms with E-state index in [1.165, 1.54) is 0 Å². The minimum atomic E-state index is -0.833. The van der Waals surface area contributed by atoms with E-state index in [0.717, 1.165) is 5.06 Å². The number of carbonyl (C=O) groups excluding carboxylic acids is 1. The highest BCUT2D eigenvalue weighted by molar-refractivity contribution is 5.86. The number of rotatable bonds is 2. The lowest BCUT2D eigenvalue weighted by Crippen LogP contribution is -2.61. The number of piperazine rings is 1. The number of hydrogen-bond acceptors (Lipinski definition) is 3. The molecule has 1 aliphatic heterocycles. The summed E-state index contributed by atoms with van der Waals surface area (Å²) in [5, 5.41) is 13.2. The molecule has 1 amide bonds. The summed E-state index contributed by atoms with van der Waals surface area (Å²) in [6.07, 6.45) is 2.09. The van der Waals surface area contributed by atoms with Crippen LogP contribution in [0, 0.1) is 0 Å².